The number of morpholine rings is 1. The van der Waals surface area contributed by atoms with Crippen LogP contribution in [0.3, 0.4) is 0 Å². The summed E-state index contributed by atoms with van der Waals surface area (Å²) in [4.78, 5) is 14.1. The number of nitrogens with zero attached hydrogens (tertiary/aromatic N) is 1. The molecule has 2 aliphatic rings. The van der Waals surface area contributed by atoms with E-state index in [1.807, 2.05) is 30.0 Å². The van der Waals surface area contributed by atoms with Gasteiger partial charge in [-0.05, 0) is 24.6 Å². The van der Waals surface area contributed by atoms with Crippen LogP contribution < -0.4 is 9.47 Å². The summed E-state index contributed by atoms with van der Waals surface area (Å²) in [6.45, 7) is 5.09. The van der Waals surface area contributed by atoms with Crippen molar-refractivity contribution in [1.82, 2.24) is 4.90 Å². The Morgan fingerprint density at radius 3 is 2.85 bits per heavy atom. The average Bonchev–Trinajstić information content (AvgIpc) is 2.47. The van der Waals surface area contributed by atoms with Crippen LogP contribution >= 0.6 is 0 Å². The summed E-state index contributed by atoms with van der Waals surface area (Å²) in [6, 6.07) is 5.70. The van der Waals surface area contributed by atoms with Gasteiger partial charge in [0.1, 0.15) is 13.2 Å². The third-order valence-corrected chi connectivity index (χ3v) is 3.56. The predicted molar refractivity (Wildman–Crippen MR) is 73.1 cm³/mol. The lowest BCUT2D eigenvalue weighted by Gasteiger charge is -2.31. The van der Waals surface area contributed by atoms with E-state index in [0.29, 0.717) is 39.3 Å². The van der Waals surface area contributed by atoms with E-state index in [1.54, 1.807) is 0 Å². The SMILES string of the molecule is C[C@H]1CN(C(=O)Cc2ccc3c(c2)OCCO3)CCO1. The van der Waals surface area contributed by atoms with Crippen LogP contribution in [-0.2, 0) is 16.0 Å². The lowest BCUT2D eigenvalue weighted by molar-refractivity contribution is -0.137. The molecule has 5 nitrogen and oxygen atoms in total. The van der Waals surface area contributed by atoms with E-state index in [1.165, 1.54) is 0 Å². The number of amides is 1. The summed E-state index contributed by atoms with van der Waals surface area (Å²) in [5.74, 6) is 1.63. The summed E-state index contributed by atoms with van der Waals surface area (Å²) in [6.07, 6.45) is 0.511. The van der Waals surface area contributed by atoms with Crippen molar-refractivity contribution in [1.29, 1.82) is 0 Å². The van der Waals surface area contributed by atoms with E-state index in [9.17, 15) is 4.79 Å². The first-order chi connectivity index (χ1) is 9.72. The van der Waals surface area contributed by atoms with Crippen LogP contribution in [0.2, 0.25) is 0 Å². The second-order valence-electron chi connectivity index (χ2n) is 5.18. The molecule has 2 aliphatic heterocycles. The van der Waals surface area contributed by atoms with Gasteiger partial charge in [-0.15, -0.1) is 0 Å². The Labute approximate surface area is 118 Å². The largest absolute Gasteiger partial charge is 0.486 e. The van der Waals surface area contributed by atoms with Crippen LogP contribution in [0.15, 0.2) is 18.2 Å². The Morgan fingerprint density at radius 2 is 2.05 bits per heavy atom. The predicted octanol–water partition coefficient (Wildman–Crippen LogP) is 1.25. The van der Waals surface area contributed by atoms with E-state index >= 15 is 0 Å². The molecule has 108 valence electrons. The van der Waals surface area contributed by atoms with E-state index in [-0.39, 0.29) is 12.0 Å². The number of carbonyl (C=O) groups is 1. The maximum atomic E-state index is 12.3. The average molecular weight is 277 g/mol. The van der Waals surface area contributed by atoms with Gasteiger partial charge in [0.2, 0.25) is 5.91 Å². The fraction of sp³-hybridized carbons (Fsp3) is 0.533. The van der Waals surface area contributed by atoms with Crippen LogP contribution in [0.1, 0.15) is 12.5 Å². The number of carbonyl (C=O) groups excluding carboxylic acids is 1. The highest BCUT2D eigenvalue weighted by Crippen LogP contribution is 2.31. The lowest BCUT2D eigenvalue weighted by Crippen LogP contribution is -2.45. The second-order valence-corrected chi connectivity index (χ2v) is 5.18. The number of hydrogen-bond acceptors (Lipinski definition) is 4. The van der Waals surface area contributed by atoms with Crippen molar-refractivity contribution >= 4 is 5.91 Å². The van der Waals surface area contributed by atoms with Gasteiger partial charge in [0.05, 0.1) is 19.1 Å². The molecule has 1 aromatic rings. The third kappa shape index (κ3) is 2.88. The zero-order valence-corrected chi connectivity index (χ0v) is 11.6. The van der Waals surface area contributed by atoms with Crippen LogP contribution in [0, 0.1) is 0 Å². The van der Waals surface area contributed by atoms with Gasteiger partial charge in [-0.2, -0.15) is 0 Å². The molecular weight excluding hydrogens is 258 g/mol. The third-order valence-electron chi connectivity index (χ3n) is 3.56. The highest BCUT2D eigenvalue weighted by molar-refractivity contribution is 5.79. The number of hydrogen-bond donors (Lipinski definition) is 0. The lowest BCUT2D eigenvalue weighted by atomic mass is 10.1. The molecule has 0 aromatic heterocycles. The van der Waals surface area contributed by atoms with Crippen LogP contribution in [0.5, 0.6) is 11.5 Å². The zero-order valence-electron chi connectivity index (χ0n) is 11.6. The molecule has 20 heavy (non-hydrogen) atoms. The number of rotatable bonds is 2. The molecule has 3 rings (SSSR count). The molecule has 0 N–H and O–H groups in total. The summed E-state index contributed by atoms with van der Waals surface area (Å²) in [7, 11) is 0. The monoisotopic (exact) mass is 277 g/mol. The Balaban J connectivity index is 1.66. The first kappa shape index (κ1) is 13.2. The van der Waals surface area contributed by atoms with Gasteiger partial charge in [0.15, 0.2) is 11.5 Å². The molecule has 0 saturated carbocycles. The second kappa shape index (κ2) is 5.71. The van der Waals surface area contributed by atoms with Crippen molar-refractivity contribution in [2.24, 2.45) is 0 Å². The minimum Gasteiger partial charge on any atom is -0.486 e. The van der Waals surface area contributed by atoms with Gasteiger partial charge in [0.25, 0.3) is 0 Å². The van der Waals surface area contributed by atoms with Crippen LogP contribution in [-0.4, -0.2) is 49.8 Å². The minimum absolute atomic E-state index is 0.118. The summed E-state index contributed by atoms with van der Waals surface area (Å²) in [5, 5.41) is 0. The topological polar surface area (TPSA) is 48.0 Å². The van der Waals surface area contributed by atoms with E-state index in [0.717, 1.165) is 17.1 Å². The Morgan fingerprint density at radius 1 is 1.25 bits per heavy atom. The minimum atomic E-state index is 0.118. The van der Waals surface area contributed by atoms with E-state index in [4.69, 9.17) is 14.2 Å². The summed E-state index contributed by atoms with van der Waals surface area (Å²) in [5.41, 5.74) is 0.957. The first-order valence-corrected chi connectivity index (χ1v) is 7.00. The molecule has 5 heteroatoms. The van der Waals surface area contributed by atoms with Crippen molar-refractivity contribution in [3.8, 4) is 11.5 Å². The van der Waals surface area contributed by atoms with Gasteiger partial charge < -0.3 is 19.1 Å². The molecule has 1 amide bonds. The maximum absolute atomic E-state index is 12.3. The Bertz CT molecular complexity index is 503. The summed E-state index contributed by atoms with van der Waals surface area (Å²) >= 11 is 0. The van der Waals surface area contributed by atoms with Crippen molar-refractivity contribution < 1.29 is 19.0 Å². The number of ether oxygens (including phenoxy) is 3. The Kier molecular flexibility index (Phi) is 3.78. The Hall–Kier alpha value is -1.75. The van der Waals surface area contributed by atoms with Gasteiger partial charge in [-0.1, -0.05) is 6.07 Å². The zero-order chi connectivity index (χ0) is 13.9. The standard InChI is InChI=1S/C15H19NO4/c1-11-10-16(4-5-18-11)15(17)9-12-2-3-13-14(8-12)20-7-6-19-13/h2-3,8,11H,4-7,9-10H2,1H3/t11-/m0/s1. The van der Waals surface area contributed by atoms with Gasteiger partial charge in [0, 0.05) is 13.1 Å². The molecular formula is C15H19NO4. The normalized spacial score (nSPS) is 21.6. The van der Waals surface area contributed by atoms with Crippen molar-refractivity contribution in [2.45, 2.75) is 19.4 Å². The molecule has 1 atom stereocenters. The highest BCUT2D eigenvalue weighted by Gasteiger charge is 2.22. The van der Waals surface area contributed by atoms with Crippen LogP contribution in [0.4, 0.5) is 0 Å². The van der Waals surface area contributed by atoms with Gasteiger partial charge in [-0.25, -0.2) is 0 Å². The molecule has 0 aliphatic carbocycles. The molecule has 1 fully saturated rings. The quantitative estimate of drug-likeness (QED) is 0.816. The van der Waals surface area contributed by atoms with Crippen molar-refractivity contribution in [2.75, 3.05) is 32.9 Å². The number of benzene rings is 1. The fourth-order valence-corrected chi connectivity index (χ4v) is 2.53. The number of fused-ring (bicyclic) bond motifs is 1. The van der Waals surface area contributed by atoms with Gasteiger partial charge >= 0.3 is 0 Å². The highest BCUT2D eigenvalue weighted by atomic mass is 16.6. The smallest absolute Gasteiger partial charge is 0.227 e. The van der Waals surface area contributed by atoms with Crippen LogP contribution in [0.25, 0.3) is 0 Å². The molecule has 0 radical (unpaired) electrons. The molecule has 1 saturated heterocycles. The van der Waals surface area contributed by atoms with E-state index in [2.05, 4.69) is 0 Å². The maximum Gasteiger partial charge on any atom is 0.227 e. The van der Waals surface area contributed by atoms with E-state index < -0.39 is 0 Å². The van der Waals surface area contributed by atoms with Gasteiger partial charge in [-0.3, -0.25) is 4.79 Å². The van der Waals surface area contributed by atoms with Crippen molar-refractivity contribution in [3.63, 3.8) is 0 Å². The summed E-state index contributed by atoms with van der Waals surface area (Å²) < 4.78 is 16.5. The first-order valence-electron chi connectivity index (χ1n) is 7.00. The molecule has 0 unspecified atom stereocenters. The molecule has 0 spiro atoms. The molecule has 2 heterocycles. The molecule has 1 aromatic carbocycles. The van der Waals surface area contributed by atoms with Crippen molar-refractivity contribution in [3.05, 3.63) is 23.8 Å². The molecule has 0 bridgehead atoms. The fourth-order valence-electron chi connectivity index (χ4n) is 2.53.